The number of amides is 1. The van der Waals surface area contributed by atoms with E-state index in [0.29, 0.717) is 17.8 Å². The second kappa shape index (κ2) is 7.90. The van der Waals surface area contributed by atoms with Crippen LogP contribution in [0.25, 0.3) is 11.4 Å². The molecule has 1 amide bonds. The molecule has 1 N–H and O–H groups in total. The van der Waals surface area contributed by atoms with E-state index in [1.54, 1.807) is 0 Å². The van der Waals surface area contributed by atoms with Crippen LogP contribution in [0.5, 0.6) is 0 Å². The summed E-state index contributed by atoms with van der Waals surface area (Å²) in [6.07, 6.45) is 7.04. The number of nitrogens with one attached hydrogen (secondary N) is 1. The molecule has 6 heteroatoms. The highest BCUT2D eigenvalue weighted by Crippen LogP contribution is 2.37. The van der Waals surface area contributed by atoms with Gasteiger partial charge in [0, 0.05) is 17.6 Å². The van der Waals surface area contributed by atoms with Crippen LogP contribution in [-0.2, 0) is 10.2 Å². The average Bonchev–Trinajstić information content (AvgIpc) is 3.15. The topological polar surface area (TPSA) is 59.8 Å². The van der Waals surface area contributed by atoms with Crippen molar-refractivity contribution < 1.29 is 4.79 Å². The minimum atomic E-state index is 0.101. The Labute approximate surface area is 171 Å². The lowest BCUT2D eigenvalue weighted by Gasteiger charge is -2.20. The molecule has 150 valence electrons. The van der Waals surface area contributed by atoms with Crippen LogP contribution in [0, 0.1) is 0 Å². The van der Waals surface area contributed by atoms with Crippen molar-refractivity contribution in [3.63, 3.8) is 0 Å². The van der Waals surface area contributed by atoms with Gasteiger partial charge in [-0.15, -0.1) is 10.2 Å². The van der Waals surface area contributed by atoms with Gasteiger partial charge in [-0.1, -0.05) is 69.6 Å². The maximum absolute atomic E-state index is 12.1. The summed E-state index contributed by atoms with van der Waals surface area (Å²) in [6, 6.07) is 9.53. The zero-order valence-corrected chi connectivity index (χ0v) is 17.9. The van der Waals surface area contributed by atoms with Gasteiger partial charge < -0.3 is 5.32 Å². The molecular weight excluding hydrogens is 368 g/mol. The standard InChI is InChI=1S/C22H30N4OS/c1-22(2,3)16-10-8-15(9-11-16)20-24-25-21(26(20)18-6-4-5-7-18)28-14-19(27)23-17-12-13-17/h8-11,17-18H,4-7,12-14H2,1-3H3,(H,23,27). The fraction of sp³-hybridized carbons (Fsp3) is 0.591. The third-order valence-corrected chi connectivity index (χ3v) is 6.58. The van der Waals surface area contributed by atoms with E-state index in [0.717, 1.165) is 42.2 Å². The first-order valence-corrected chi connectivity index (χ1v) is 11.4. The number of rotatable bonds is 6. The van der Waals surface area contributed by atoms with Crippen LogP contribution in [0.15, 0.2) is 29.4 Å². The number of hydrogen-bond acceptors (Lipinski definition) is 4. The molecule has 5 nitrogen and oxygen atoms in total. The van der Waals surface area contributed by atoms with E-state index >= 15 is 0 Å². The fourth-order valence-electron chi connectivity index (χ4n) is 3.81. The van der Waals surface area contributed by atoms with E-state index in [4.69, 9.17) is 0 Å². The summed E-state index contributed by atoms with van der Waals surface area (Å²) in [7, 11) is 0. The Morgan fingerprint density at radius 3 is 2.39 bits per heavy atom. The fourth-order valence-corrected chi connectivity index (χ4v) is 4.63. The highest BCUT2D eigenvalue weighted by molar-refractivity contribution is 7.99. The average molecular weight is 399 g/mol. The highest BCUT2D eigenvalue weighted by atomic mass is 32.2. The molecule has 0 aliphatic heterocycles. The molecule has 0 saturated heterocycles. The summed E-state index contributed by atoms with van der Waals surface area (Å²) in [5, 5.41) is 12.9. The zero-order valence-electron chi connectivity index (χ0n) is 17.1. The van der Waals surface area contributed by atoms with Crippen LogP contribution in [0.4, 0.5) is 0 Å². The van der Waals surface area contributed by atoms with Gasteiger partial charge in [0.05, 0.1) is 5.75 Å². The van der Waals surface area contributed by atoms with Gasteiger partial charge in [0.15, 0.2) is 11.0 Å². The summed E-state index contributed by atoms with van der Waals surface area (Å²) >= 11 is 1.51. The quantitative estimate of drug-likeness (QED) is 0.715. The van der Waals surface area contributed by atoms with Gasteiger partial charge in [0.2, 0.25) is 5.91 Å². The van der Waals surface area contributed by atoms with Gasteiger partial charge >= 0.3 is 0 Å². The molecule has 2 saturated carbocycles. The third-order valence-electron chi connectivity index (χ3n) is 5.64. The van der Waals surface area contributed by atoms with E-state index in [9.17, 15) is 4.79 Å². The molecule has 2 fully saturated rings. The lowest BCUT2D eigenvalue weighted by molar-refractivity contribution is -0.118. The molecule has 1 aromatic carbocycles. The van der Waals surface area contributed by atoms with Crippen LogP contribution in [0.3, 0.4) is 0 Å². The van der Waals surface area contributed by atoms with E-state index in [1.807, 2.05) is 0 Å². The molecule has 1 aromatic heterocycles. The molecule has 28 heavy (non-hydrogen) atoms. The first-order valence-electron chi connectivity index (χ1n) is 10.4. The largest absolute Gasteiger partial charge is 0.353 e. The highest BCUT2D eigenvalue weighted by Gasteiger charge is 2.27. The van der Waals surface area contributed by atoms with Gasteiger partial charge in [-0.3, -0.25) is 9.36 Å². The van der Waals surface area contributed by atoms with Crippen molar-refractivity contribution in [1.82, 2.24) is 20.1 Å². The molecule has 0 spiro atoms. The molecule has 0 bridgehead atoms. The third kappa shape index (κ3) is 4.43. The molecule has 0 radical (unpaired) electrons. The molecule has 2 aliphatic rings. The maximum Gasteiger partial charge on any atom is 0.230 e. The molecule has 0 unspecified atom stereocenters. The first kappa shape index (κ1) is 19.5. The molecular formula is C22H30N4OS. The second-order valence-electron chi connectivity index (χ2n) is 9.07. The number of thioether (sulfide) groups is 1. The number of hydrogen-bond donors (Lipinski definition) is 1. The lowest BCUT2D eigenvalue weighted by Crippen LogP contribution is -2.27. The van der Waals surface area contributed by atoms with Crippen molar-refractivity contribution in [3.05, 3.63) is 29.8 Å². The monoisotopic (exact) mass is 398 g/mol. The summed E-state index contributed by atoms with van der Waals surface area (Å²) in [4.78, 5) is 12.1. The van der Waals surface area contributed by atoms with E-state index in [2.05, 4.69) is 65.1 Å². The van der Waals surface area contributed by atoms with Crippen LogP contribution in [0.2, 0.25) is 0 Å². The number of carbonyl (C=O) groups excluding carboxylic acids is 1. The summed E-state index contributed by atoms with van der Waals surface area (Å²) in [5.74, 6) is 1.44. The second-order valence-corrected chi connectivity index (χ2v) is 10.0. The number of nitrogens with zero attached hydrogens (tertiary/aromatic N) is 3. The van der Waals surface area contributed by atoms with Crippen LogP contribution >= 0.6 is 11.8 Å². The Balaban J connectivity index is 1.57. The van der Waals surface area contributed by atoms with Crippen LogP contribution in [0.1, 0.15) is 70.9 Å². The Morgan fingerprint density at radius 1 is 1.11 bits per heavy atom. The van der Waals surface area contributed by atoms with Crippen molar-refractivity contribution >= 4 is 17.7 Å². The summed E-state index contributed by atoms with van der Waals surface area (Å²) in [6.45, 7) is 6.68. The minimum Gasteiger partial charge on any atom is -0.353 e. The number of benzene rings is 1. The van der Waals surface area contributed by atoms with Crippen molar-refractivity contribution in [2.24, 2.45) is 0 Å². The van der Waals surface area contributed by atoms with E-state index in [-0.39, 0.29) is 11.3 Å². The van der Waals surface area contributed by atoms with Gasteiger partial charge in [0.25, 0.3) is 0 Å². The maximum atomic E-state index is 12.1. The normalized spacial score (nSPS) is 17.8. The van der Waals surface area contributed by atoms with Crippen molar-refractivity contribution in [3.8, 4) is 11.4 Å². The predicted molar refractivity (Wildman–Crippen MR) is 114 cm³/mol. The van der Waals surface area contributed by atoms with Gasteiger partial charge in [0.1, 0.15) is 0 Å². The predicted octanol–water partition coefficient (Wildman–Crippen LogP) is 4.73. The Morgan fingerprint density at radius 2 is 1.79 bits per heavy atom. The Bertz CT molecular complexity index is 827. The van der Waals surface area contributed by atoms with E-state index < -0.39 is 0 Å². The van der Waals surface area contributed by atoms with Gasteiger partial charge in [-0.2, -0.15) is 0 Å². The Hall–Kier alpha value is -1.82. The summed E-state index contributed by atoms with van der Waals surface area (Å²) in [5.41, 5.74) is 2.55. The number of carbonyl (C=O) groups is 1. The minimum absolute atomic E-state index is 0.101. The first-order chi connectivity index (χ1) is 13.4. The smallest absolute Gasteiger partial charge is 0.230 e. The van der Waals surface area contributed by atoms with Crippen LogP contribution in [-0.4, -0.2) is 32.5 Å². The Kier molecular flexibility index (Phi) is 5.50. The lowest BCUT2D eigenvalue weighted by atomic mass is 9.86. The molecule has 0 atom stereocenters. The molecule has 2 aliphatic carbocycles. The van der Waals surface area contributed by atoms with Crippen molar-refractivity contribution in [1.29, 1.82) is 0 Å². The van der Waals surface area contributed by atoms with Crippen molar-refractivity contribution in [2.75, 3.05) is 5.75 Å². The van der Waals surface area contributed by atoms with Gasteiger partial charge in [-0.25, -0.2) is 0 Å². The van der Waals surface area contributed by atoms with Crippen molar-refractivity contribution in [2.45, 2.75) is 82.0 Å². The summed E-state index contributed by atoms with van der Waals surface area (Å²) < 4.78 is 2.29. The number of aromatic nitrogens is 3. The molecule has 1 heterocycles. The zero-order chi connectivity index (χ0) is 19.7. The SMILES string of the molecule is CC(C)(C)c1ccc(-c2nnc(SCC(=O)NC3CC3)n2C2CCCC2)cc1. The molecule has 2 aromatic rings. The molecule has 4 rings (SSSR count). The van der Waals surface area contributed by atoms with Gasteiger partial charge in [-0.05, 0) is 36.7 Å². The van der Waals surface area contributed by atoms with E-state index in [1.165, 1.54) is 30.2 Å². The van der Waals surface area contributed by atoms with Crippen LogP contribution < -0.4 is 5.32 Å².